The fourth-order valence-electron chi connectivity index (χ4n) is 1.93. The van der Waals surface area contributed by atoms with Crippen LogP contribution in [0.1, 0.15) is 24.3 Å². The van der Waals surface area contributed by atoms with E-state index in [-0.39, 0.29) is 0 Å². The molecule has 0 saturated heterocycles. The first-order chi connectivity index (χ1) is 8.61. The normalized spacial score (nSPS) is 12.4. The molecular weight excluding hydrogens is 294 g/mol. The van der Waals surface area contributed by atoms with Gasteiger partial charge < -0.3 is 14.4 Å². The van der Waals surface area contributed by atoms with Gasteiger partial charge in [0.15, 0.2) is 0 Å². The van der Waals surface area contributed by atoms with E-state index in [9.17, 15) is 5.11 Å². The van der Waals surface area contributed by atoms with Gasteiger partial charge in [0.2, 0.25) is 0 Å². The third kappa shape index (κ3) is 2.76. The van der Waals surface area contributed by atoms with E-state index in [0.29, 0.717) is 6.54 Å². The van der Waals surface area contributed by atoms with Gasteiger partial charge in [-0.15, -0.1) is 0 Å². The molecule has 96 valence electrons. The Balaban J connectivity index is 2.30. The molecular formula is C14H16BrNO2. The minimum Gasteiger partial charge on any atom is -0.497 e. The van der Waals surface area contributed by atoms with Crippen LogP contribution in [0.2, 0.25) is 0 Å². The number of aromatic nitrogens is 1. The zero-order valence-electron chi connectivity index (χ0n) is 10.4. The third-order valence-electron chi connectivity index (χ3n) is 2.89. The van der Waals surface area contributed by atoms with Crippen LogP contribution >= 0.6 is 15.9 Å². The van der Waals surface area contributed by atoms with Gasteiger partial charge in [-0.25, -0.2) is 0 Å². The van der Waals surface area contributed by atoms with Gasteiger partial charge in [-0.3, -0.25) is 0 Å². The first-order valence-electron chi connectivity index (χ1n) is 5.77. The average Bonchev–Trinajstić information content (AvgIpc) is 2.80. The SMILES string of the molecule is COc1ccc(Br)c(Cn2cccc2C(C)O)c1. The maximum Gasteiger partial charge on any atom is 0.119 e. The Morgan fingerprint density at radius 2 is 2.17 bits per heavy atom. The van der Waals surface area contributed by atoms with E-state index >= 15 is 0 Å². The highest BCUT2D eigenvalue weighted by Crippen LogP contribution is 2.24. The van der Waals surface area contributed by atoms with Crippen LogP contribution in [0.4, 0.5) is 0 Å². The molecule has 1 aromatic heterocycles. The van der Waals surface area contributed by atoms with E-state index in [2.05, 4.69) is 15.9 Å². The second kappa shape index (κ2) is 5.59. The van der Waals surface area contributed by atoms with Gasteiger partial charge in [-0.1, -0.05) is 15.9 Å². The standard InChI is InChI=1S/C14H16BrNO2/c1-10(17)14-4-3-7-16(14)9-11-8-12(18-2)5-6-13(11)15/h3-8,10,17H,9H2,1-2H3. The lowest BCUT2D eigenvalue weighted by molar-refractivity contribution is 0.190. The van der Waals surface area contributed by atoms with Crippen LogP contribution in [0.25, 0.3) is 0 Å². The Kier molecular flexibility index (Phi) is 4.09. The molecule has 1 aromatic carbocycles. The van der Waals surface area contributed by atoms with Crippen molar-refractivity contribution in [3.05, 3.63) is 52.3 Å². The topological polar surface area (TPSA) is 34.4 Å². The summed E-state index contributed by atoms with van der Waals surface area (Å²) in [6.45, 7) is 2.47. The number of rotatable bonds is 4. The summed E-state index contributed by atoms with van der Waals surface area (Å²) in [6.07, 6.45) is 1.50. The molecule has 0 aliphatic carbocycles. The van der Waals surface area contributed by atoms with Crippen molar-refractivity contribution in [2.45, 2.75) is 19.6 Å². The summed E-state index contributed by atoms with van der Waals surface area (Å²) >= 11 is 3.54. The van der Waals surface area contributed by atoms with Crippen molar-refractivity contribution in [1.29, 1.82) is 0 Å². The largest absolute Gasteiger partial charge is 0.497 e. The van der Waals surface area contributed by atoms with Gasteiger partial charge in [0.1, 0.15) is 5.75 Å². The van der Waals surface area contributed by atoms with Crippen LogP contribution in [-0.2, 0) is 6.54 Å². The lowest BCUT2D eigenvalue weighted by atomic mass is 10.2. The van der Waals surface area contributed by atoms with Gasteiger partial charge in [0.25, 0.3) is 0 Å². The Morgan fingerprint density at radius 1 is 1.39 bits per heavy atom. The maximum absolute atomic E-state index is 9.68. The number of methoxy groups -OCH3 is 1. The van der Waals surface area contributed by atoms with Gasteiger partial charge in [0, 0.05) is 22.9 Å². The van der Waals surface area contributed by atoms with Crippen LogP contribution < -0.4 is 4.74 Å². The van der Waals surface area contributed by atoms with Gasteiger partial charge in [-0.2, -0.15) is 0 Å². The molecule has 4 heteroatoms. The summed E-state index contributed by atoms with van der Waals surface area (Å²) in [4.78, 5) is 0. The van der Waals surface area contributed by atoms with E-state index in [1.165, 1.54) is 0 Å². The first-order valence-corrected chi connectivity index (χ1v) is 6.56. The zero-order valence-corrected chi connectivity index (χ0v) is 12.0. The van der Waals surface area contributed by atoms with E-state index in [0.717, 1.165) is 21.5 Å². The van der Waals surface area contributed by atoms with Crippen LogP contribution in [0.3, 0.4) is 0 Å². The van der Waals surface area contributed by atoms with Crippen molar-refractivity contribution in [1.82, 2.24) is 4.57 Å². The third-order valence-corrected chi connectivity index (χ3v) is 3.66. The molecule has 2 rings (SSSR count). The summed E-state index contributed by atoms with van der Waals surface area (Å²) in [5.74, 6) is 0.832. The fourth-order valence-corrected chi connectivity index (χ4v) is 2.31. The van der Waals surface area contributed by atoms with Gasteiger partial charge >= 0.3 is 0 Å². The average molecular weight is 310 g/mol. The molecule has 18 heavy (non-hydrogen) atoms. The predicted octanol–water partition coefficient (Wildman–Crippen LogP) is 3.36. The highest BCUT2D eigenvalue weighted by Gasteiger charge is 2.09. The number of hydrogen-bond donors (Lipinski definition) is 1. The molecule has 0 radical (unpaired) electrons. The molecule has 0 aliphatic heterocycles. The molecule has 1 atom stereocenters. The summed E-state index contributed by atoms with van der Waals surface area (Å²) in [5, 5.41) is 9.68. The molecule has 0 amide bonds. The van der Waals surface area contributed by atoms with Crippen molar-refractivity contribution < 1.29 is 9.84 Å². The Labute approximate surface area is 115 Å². The number of aliphatic hydroxyl groups excluding tert-OH is 1. The summed E-state index contributed by atoms with van der Waals surface area (Å²) in [6, 6.07) is 9.75. The molecule has 0 bridgehead atoms. The minimum atomic E-state index is -0.468. The van der Waals surface area contributed by atoms with E-state index < -0.39 is 6.10 Å². The van der Waals surface area contributed by atoms with Crippen molar-refractivity contribution >= 4 is 15.9 Å². The van der Waals surface area contributed by atoms with Gasteiger partial charge in [-0.05, 0) is 42.8 Å². The number of aliphatic hydroxyl groups is 1. The minimum absolute atomic E-state index is 0.468. The van der Waals surface area contributed by atoms with Crippen LogP contribution in [0.15, 0.2) is 41.0 Å². The van der Waals surface area contributed by atoms with E-state index in [1.807, 2.05) is 41.1 Å². The van der Waals surface area contributed by atoms with Crippen molar-refractivity contribution in [3.8, 4) is 5.75 Å². The molecule has 0 saturated carbocycles. The van der Waals surface area contributed by atoms with Gasteiger partial charge in [0.05, 0.1) is 13.2 Å². The van der Waals surface area contributed by atoms with Crippen molar-refractivity contribution in [3.63, 3.8) is 0 Å². The number of halogens is 1. The summed E-state index contributed by atoms with van der Waals surface area (Å²) < 4.78 is 8.29. The molecule has 1 heterocycles. The molecule has 2 aromatic rings. The lowest BCUT2D eigenvalue weighted by Crippen LogP contribution is -2.06. The second-order valence-electron chi connectivity index (χ2n) is 4.19. The molecule has 3 nitrogen and oxygen atoms in total. The van der Waals surface area contributed by atoms with Crippen LogP contribution in [-0.4, -0.2) is 16.8 Å². The Hall–Kier alpha value is -1.26. The molecule has 1 unspecified atom stereocenters. The maximum atomic E-state index is 9.68. The van der Waals surface area contributed by atoms with Crippen molar-refractivity contribution in [2.24, 2.45) is 0 Å². The number of ether oxygens (including phenoxy) is 1. The van der Waals surface area contributed by atoms with Crippen molar-refractivity contribution in [2.75, 3.05) is 7.11 Å². The van der Waals surface area contributed by atoms with E-state index in [1.54, 1.807) is 14.0 Å². The second-order valence-corrected chi connectivity index (χ2v) is 5.05. The highest BCUT2D eigenvalue weighted by atomic mass is 79.9. The smallest absolute Gasteiger partial charge is 0.119 e. The molecule has 0 spiro atoms. The highest BCUT2D eigenvalue weighted by molar-refractivity contribution is 9.10. The van der Waals surface area contributed by atoms with Crippen LogP contribution in [0, 0.1) is 0 Å². The summed E-state index contributed by atoms with van der Waals surface area (Å²) in [5.41, 5.74) is 2.03. The zero-order chi connectivity index (χ0) is 13.1. The predicted molar refractivity (Wildman–Crippen MR) is 74.9 cm³/mol. The van der Waals surface area contributed by atoms with Crippen LogP contribution in [0.5, 0.6) is 5.75 Å². The Bertz CT molecular complexity index is 534. The quantitative estimate of drug-likeness (QED) is 0.939. The number of nitrogens with zero attached hydrogens (tertiary/aromatic N) is 1. The monoisotopic (exact) mass is 309 g/mol. The number of hydrogen-bond acceptors (Lipinski definition) is 2. The Morgan fingerprint density at radius 3 is 2.83 bits per heavy atom. The number of benzene rings is 1. The van der Waals surface area contributed by atoms with E-state index in [4.69, 9.17) is 4.74 Å². The fraction of sp³-hybridized carbons (Fsp3) is 0.286. The molecule has 0 fully saturated rings. The molecule has 0 aliphatic rings. The summed E-state index contributed by atoms with van der Waals surface area (Å²) in [7, 11) is 1.66. The molecule has 1 N–H and O–H groups in total. The first kappa shape index (κ1) is 13.2. The lowest BCUT2D eigenvalue weighted by Gasteiger charge is -2.13.